The number of anilines is 2. The molecule has 0 saturated carbocycles. The molecular weight excluding hydrogens is 398 g/mol. The molecule has 0 bridgehead atoms. The van der Waals surface area contributed by atoms with Crippen LogP contribution >= 0.6 is 0 Å². The van der Waals surface area contributed by atoms with Gasteiger partial charge in [-0.3, -0.25) is 14.2 Å². The molecular formula is C26H23N5O. The minimum atomic E-state index is -0.0609. The van der Waals surface area contributed by atoms with Crippen molar-refractivity contribution >= 4 is 22.9 Å². The highest BCUT2D eigenvalue weighted by atomic mass is 16.1. The number of hydrazone groups is 1. The van der Waals surface area contributed by atoms with Gasteiger partial charge in [0.25, 0.3) is 5.56 Å². The Hall–Kier alpha value is -3.93. The zero-order chi connectivity index (χ0) is 21.7. The fourth-order valence-electron chi connectivity index (χ4n) is 4.83. The van der Waals surface area contributed by atoms with Gasteiger partial charge < -0.3 is 4.90 Å². The third-order valence-electron chi connectivity index (χ3n) is 6.46. The molecule has 32 heavy (non-hydrogen) atoms. The summed E-state index contributed by atoms with van der Waals surface area (Å²) >= 11 is 0. The number of aromatic nitrogens is 2. The van der Waals surface area contributed by atoms with Crippen LogP contribution in [0.5, 0.6) is 0 Å². The highest BCUT2D eigenvalue weighted by Crippen LogP contribution is 2.37. The Morgan fingerprint density at radius 3 is 2.44 bits per heavy atom. The van der Waals surface area contributed by atoms with Crippen LogP contribution < -0.4 is 15.5 Å². The van der Waals surface area contributed by atoms with Crippen molar-refractivity contribution in [1.82, 2.24) is 9.38 Å². The normalized spacial score (nSPS) is 19.6. The maximum absolute atomic E-state index is 13.7. The van der Waals surface area contributed by atoms with Gasteiger partial charge in [-0.1, -0.05) is 54.6 Å². The fraction of sp³-hybridized carbons (Fsp3) is 0.192. The van der Waals surface area contributed by atoms with Crippen LogP contribution in [0.2, 0.25) is 0 Å². The minimum absolute atomic E-state index is 0.0609. The Balaban J connectivity index is 1.53. The monoisotopic (exact) mass is 421 g/mol. The van der Waals surface area contributed by atoms with E-state index in [1.54, 1.807) is 10.6 Å². The van der Waals surface area contributed by atoms with Crippen molar-refractivity contribution in [2.45, 2.75) is 19.5 Å². The molecule has 0 fully saturated rings. The molecule has 2 aliphatic heterocycles. The molecule has 0 aliphatic carbocycles. The molecule has 6 nitrogen and oxygen atoms in total. The second-order valence-electron chi connectivity index (χ2n) is 8.42. The molecule has 0 N–H and O–H groups in total. The summed E-state index contributed by atoms with van der Waals surface area (Å²) in [7, 11) is 0. The van der Waals surface area contributed by atoms with Crippen molar-refractivity contribution in [3.8, 4) is 0 Å². The number of nitrogens with zero attached hydrogens (tertiary/aromatic N) is 5. The third-order valence-corrected chi connectivity index (χ3v) is 6.46. The molecule has 4 aromatic rings. The van der Waals surface area contributed by atoms with E-state index in [0.29, 0.717) is 17.8 Å². The van der Waals surface area contributed by atoms with E-state index in [4.69, 9.17) is 10.1 Å². The number of fused-ring (bicyclic) bond motifs is 4. The van der Waals surface area contributed by atoms with E-state index in [9.17, 15) is 4.79 Å². The molecule has 6 rings (SSSR count). The zero-order valence-electron chi connectivity index (χ0n) is 17.8. The summed E-state index contributed by atoms with van der Waals surface area (Å²) in [6.45, 7) is 3.65. The second-order valence-corrected chi connectivity index (χ2v) is 8.42. The van der Waals surface area contributed by atoms with Gasteiger partial charge in [-0.25, -0.2) is 4.98 Å². The van der Waals surface area contributed by atoms with Crippen LogP contribution in [0.15, 0.2) is 95.0 Å². The van der Waals surface area contributed by atoms with E-state index in [1.165, 1.54) is 5.56 Å². The molecule has 4 heterocycles. The average molecular weight is 422 g/mol. The molecule has 0 radical (unpaired) electrons. The number of hydrogen-bond acceptors (Lipinski definition) is 5. The predicted octanol–water partition coefficient (Wildman–Crippen LogP) is 3.94. The SMILES string of the molecule is C[C@@H]1[C@H]2CN(Cc3ccccc3)c3nc4ccccn4c(=O)c3C2=NN1c1ccccc1. The van der Waals surface area contributed by atoms with Gasteiger partial charge in [0, 0.05) is 25.2 Å². The molecule has 0 spiro atoms. The summed E-state index contributed by atoms with van der Waals surface area (Å²) in [5.74, 6) is 0.838. The Bertz CT molecular complexity index is 1380. The summed E-state index contributed by atoms with van der Waals surface area (Å²) < 4.78 is 1.63. The summed E-state index contributed by atoms with van der Waals surface area (Å²) in [6.07, 6.45) is 1.78. The van der Waals surface area contributed by atoms with Crippen LogP contribution in [0.4, 0.5) is 11.5 Å². The van der Waals surface area contributed by atoms with Crippen molar-refractivity contribution in [3.05, 3.63) is 107 Å². The summed E-state index contributed by atoms with van der Waals surface area (Å²) in [4.78, 5) is 20.8. The van der Waals surface area contributed by atoms with E-state index in [2.05, 4.69) is 41.1 Å². The summed E-state index contributed by atoms with van der Waals surface area (Å²) in [6, 6.07) is 26.3. The molecule has 0 saturated heterocycles. The molecule has 2 aromatic heterocycles. The zero-order valence-corrected chi connectivity index (χ0v) is 17.8. The maximum atomic E-state index is 13.7. The van der Waals surface area contributed by atoms with Gasteiger partial charge in [0.05, 0.1) is 17.4 Å². The molecule has 2 aliphatic rings. The molecule has 2 aromatic carbocycles. The van der Waals surface area contributed by atoms with E-state index >= 15 is 0 Å². The van der Waals surface area contributed by atoms with Crippen LogP contribution in [0, 0.1) is 5.92 Å². The smallest absolute Gasteiger partial charge is 0.269 e. The molecule has 0 amide bonds. The number of rotatable bonds is 3. The standard InChI is InChI=1S/C26H23N5O/c1-18-21-17-29(16-19-10-4-2-5-11-19)25-23(26(32)30-15-9-8-14-22(30)27-25)24(21)28-31(18)20-12-6-3-7-13-20/h2-15,18,21H,16-17H2,1H3/t18-,21-/m1/s1. The van der Waals surface area contributed by atoms with Crippen molar-refractivity contribution in [3.63, 3.8) is 0 Å². The number of para-hydroxylation sites is 1. The first-order valence-corrected chi connectivity index (χ1v) is 10.9. The Morgan fingerprint density at radius 1 is 0.938 bits per heavy atom. The predicted molar refractivity (Wildman–Crippen MR) is 127 cm³/mol. The Morgan fingerprint density at radius 2 is 1.66 bits per heavy atom. The second kappa shape index (κ2) is 7.34. The molecule has 158 valence electrons. The lowest BCUT2D eigenvalue weighted by atomic mass is 9.88. The van der Waals surface area contributed by atoms with E-state index in [1.807, 2.05) is 54.6 Å². The Kier molecular flexibility index (Phi) is 4.31. The summed E-state index contributed by atoms with van der Waals surface area (Å²) in [5.41, 5.74) is 4.28. The largest absolute Gasteiger partial charge is 0.351 e. The van der Waals surface area contributed by atoms with Crippen LogP contribution in [0.3, 0.4) is 0 Å². The average Bonchev–Trinajstić information content (AvgIpc) is 3.16. The van der Waals surface area contributed by atoms with Gasteiger partial charge in [-0.2, -0.15) is 5.10 Å². The lowest BCUT2D eigenvalue weighted by molar-refractivity contribution is 0.539. The van der Waals surface area contributed by atoms with Gasteiger partial charge in [0.15, 0.2) is 0 Å². The first kappa shape index (κ1) is 18.8. The highest BCUT2D eigenvalue weighted by molar-refractivity contribution is 6.10. The van der Waals surface area contributed by atoms with Crippen LogP contribution in [-0.2, 0) is 6.54 Å². The lowest BCUT2D eigenvalue weighted by Crippen LogP contribution is -2.46. The molecule has 0 unspecified atom stereocenters. The number of hydrogen-bond donors (Lipinski definition) is 0. The van der Waals surface area contributed by atoms with Crippen molar-refractivity contribution < 1.29 is 0 Å². The highest BCUT2D eigenvalue weighted by Gasteiger charge is 2.43. The van der Waals surface area contributed by atoms with Crippen molar-refractivity contribution in [2.24, 2.45) is 11.0 Å². The van der Waals surface area contributed by atoms with Crippen molar-refractivity contribution in [1.29, 1.82) is 0 Å². The quantitative estimate of drug-likeness (QED) is 0.503. The van der Waals surface area contributed by atoms with E-state index in [0.717, 1.165) is 23.8 Å². The van der Waals surface area contributed by atoms with Gasteiger partial charge in [0.1, 0.15) is 17.0 Å². The van der Waals surface area contributed by atoms with E-state index < -0.39 is 0 Å². The van der Waals surface area contributed by atoms with Gasteiger partial charge in [-0.15, -0.1) is 0 Å². The molecule has 6 heteroatoms. The van der Waals surface area contributed by atoms with E-state index in [-0.39, 0.29) is 17.5 Å². The first-order chi connectivity index (χ1) is 15.7. The minimum Gasteiger partial charge on any atom is -0.351 e. The van der Waals surface area contributed by atoms with Crippen LogP contribution in [-0.4, -0.2) is 27.7 Å². The van der Waals surface area contributed by atoms with Crippen LogP contribution in [0.1, 0.15) is 18.1 Å². The first-order valence-electron chi connectivity index (χ1n) is 10.9. The van der Waals surface area contributed by atoms with Crippen molar-refractivity contribution in [2.75, 3.05) is 16.5 Å². The fourth-order valence-corrected chi connectivity index (χ4v) is 4.83. The van der Waals surface area contributed by atoms with Gasteiger partial charge in [-0.05, 0) is 36.8 Å². The van der Waals surface area contributed by atoms with Gasteiger partial charge >= 0.3 is 0 Å². The molecule has 2 atom stereocenters. The number of benzene rings is 2. The van der Waals surface area contributed by atoms with Gasteiger partial charge in [0.2, 0.25) is 0 Å². The lowest BCUT2D eigenvalue weighted by Gasteiger charge is -2.35. The number of pyridine rings is 1. The maximum Gasteiger partial charge on any atom is 0.269 e. The summed E-state index contributed by atoms with van der Waals surface area (Å²) in [5, 5.41) is 7.03. The topological polar surface area (TPSA) is 53.2 Å². The Labute approximate surface area is 186 Å². The third kappa shape index (κ3) is 2.91. The van der Waals surface area contributed by atoms with Crippen LogP contribution in [0.25, 0.3) is 5.65 Å².